The highest BCUT2D eigenvalue weighted by molar-refractivity contribution is 6.46. The molecule has 1 N–H and O–H groups in total. The van der Waals surface area contributed by atoms with Crippen molar-refractivity contribution in [3.8, 4) is 11.5 Å². The molecule has 1 aromatic heterocycles. The van der Waals surface area contributed by atoms with Crippen molar-refractivity contribution in [3.05, 3.63) is 65.4 Å². The number of hydrogen-bond donors (Lipinski definition) is 1. The zero-order chi connectivity index (χ0) is 24.4. The molecule has 1 saturated heterocycles. The number of rotatable bonds is 8. The lowest BCUT2D eigenvalue weighted by Gasteiger charge is -2.25. The van der Waals surface area contributed by atoms with Crippen LogP contribution in [0.25, 0.3) is 16.7 Å². The number of aliphatic hydroxyl groups excluding tert-OH is 1. The largest absolute Gasteiger partial charge is 0.507 e. The van der Waals surface area contributed by atoms with Crippen molar-refractivity contribution in [2.45, 2.75) is 12.5 Å². The van der Waals surface area contributed by atoms with Gasteiger partial charge in [0, 0.05) is 56.0 Å². The molecule has 178 valence electrons. The van der Waals surface area contributed by atoms with Crippen molar-refractivity contribution in [3.63, 3.8) is 0 Å². The number of aromatic nitrogens is 1. The Bertz CT molecular complexity index is 1280. The summed E-state index contributed by atoms with van der Waals surface area (Å²) in [6.45, 7) is 0.750. The Morgan fingerprint density at radius 3 is 2.53 bits per heavy atom. The lowest BCUT2D eigenvalue weighted by atomic mass is 9.94. The number of nitrogens with zero attached hydrogens (tertiary/aromatic N) is 2. The Kier molecular flexibility index (Phi) is 6.61. The van der Waals surface area contributed by atoms with Crippen molar-refractivity contribution < 1.29 is 28.9 Å². The van der Waals surface area contributed by atoms with Crippen molar-refractivity contribution in [1.29, 1.82) is 0 Å². The van der Waals surface area contributed by atoms with E-state index in [0.717, 1.165) is 16.5 Å². The number of carbonyl (C=O) groups is 2. The number of ether oxygens (including phenoxy) is 3. The van der Waals surface area contributed by atoms with E-state index in [1.165, 1.54) is 19.1 Å². The fourth-order valence-corrected chi connectivity index (χ4v) is 4.54. The third-order valence-electron chi connectivity index (χ3n) is 6.17. The van der Waals surface area contributed by atoms with E-state index in [-0.39, 0.29) is 11.3 Å². The molecule has 1 amide bonds. The minimum Gasteiger partial charge on any atom is -0.507 e. The van der Waals surface area contributed by atoms with Gasteiger partial charge in [-0.15, -0.1) is 0 Å². The van der Waals surface area contributed by atoms with Gasteiger partial charge in [-0.25, -0.2) is 0 Å². The Hall–Kier alpha value is -3.78. The zero-order valence-corrected chi connectivity index (χ0v) is 19.7. The number of benzene rings is 2. The number of methoxy groups -OCH3 is 3. The summed E-state index contributed by atoms with van der Waals surface area (Å²) in [4.78, 5) is 28.0. The van der Waals surface area contributed by atoms with Gasteiger partial charge in [-0.1, -0.05) is 18.2 Å². The van der Waals surface area contributed by atoms with Gasteiger partial charge in [-0.05, 0) is 24.6 Å². The Morgan fingerprint density at radius 1 is 1.06 bits per heavy atom. The van der Waals surface area contributed by atoms with Gasteiger partial charge in [0.2, 0.25) is 0 Å². The molecule has 3 aromatic rings. The third kappa shape index (κ3) is 3.90. The molecular weight excluding hydrogens is 436 g/mol. The molecule has 0 radical (unpaired) electrons. The number of aryl methyl sites for hydroxylation is 1. The number of Topliss-reactive ketones (excluding diaryl/α,β-unsaturated/α-hetero) is 1. The number of ketones is 1. The van der Waals surface area contributed by atoms with E-state index < -0.39 is 17.7 Å². The maximum absolute atomic E-state index is 13.3. The minimum atomic E-state index is -0.755. The van der Waals surface area contributed by atoms with Crippen LogP contribution in [0, 0.1) is 0 Å². The van der Waals surface area contributed by atoms with Gasteiger partial charge in [0.25, 0.3) is 11.7 Å². The van der Waals surface area contributed by atoms with Crippen molar-refractivity contribution in [1.82, 2.24) is 9.47 Å². The molecular formula is C26H28N2O6. The number of amides is 1. The fraction of sp³-hybridized carbons (Fsp3) is 0.308. The molecule has 0 spiro atoms. The predicted molar refractivity (Wildman–Crippen MR) is 128 cm³/mol. The standard InChI is InChI=1S/C26H28N2O6/c1-27-15-19(17-8-5-6-9-20(17)27)23-22(25(30)26(31)28(23)12-7-13-32-2)24(29)18-11-10-16(33-3)14-21(18)34-4/h5-6,8-11,14-15,23,29H,7,12-13H2,1-4H3/b24-22+. The molecule has 1 aliphatic heterocycles. The molecule has 1 unspecified atom stereocenters. The van der Waals surface area contributed by atoms with Gasteiger partial charge in [-0.2, -0.15) is 0 Å². The van der Waals surface area contributed by atoms with E-state index in [0.29, 0.717) is 36.6 Å². The normalized spacial score (nSPS) is 17.5. The van der Waals surface area contributed by atoms with Crippen LogP contribution >= 0.6 is 0 Å². The van der Waals surface area contributed by atoms with Gasteiger partial charge in [0.05, 0.1) is 31.4 Å². The lowest BCUT2D eigenvalue weighted by Crippen LogP contribution is -2.31. The van der Waals surface area contributed by atoms with Crippen LogP contribution in [0.1, 0.15) is 23.6 Å². The smallest absolute Gasteiger partial charge is 0.295 e. The van der Waals surface area contributed by atoms with E-state index in [2.05, 4.69) is 0 Å². The lowest BCUT2D eigenvalue weighted by molar-refractivity contribution is -0.140. The first-order valence-corrected chi connectivity index (χ1v) is 11.0. The summed E-state index contributed by atoms with van der Waals surface area (Å²) in [5.74, 6) is -0.795. The average molecular weight is 465 g/mol. The van der Waals surface area contributed by atoms with Gasteiger partial charge in [0.1, 0.15) is 17.3 Å². The number of aliphatic hydroxyl groups is 1. The first-order chi connectivity index (χ1) is 16.4. The maximum atomic E-state index is 13.3. The summed E-state index contributed by atoms with van der Waals surface area (Å²) in [6, 6.07) is 11.9. The fourth-order valence-electron chi connectivity index (χ4n) is 4.54. The van der Waals surface area contributed by atoms with Crippen LogP contribution in [0.15, 0.2) is 54.2 Å². The second-order valence-electron chi connectivity index (χ2n) is 8.12. The van der Waals surface area contributed by atoms with Gasteiger partial charge >= 0.3 is 0 Å². The van der Waals surface area contributed by atoms with Gasteiger partial charge in [-0.3, -0.25) is 9.59 Å². The second kappa shape index (κ2) is 9.61. The van der Waals surface area contributed by atoms with E-state index >= 15 is 0 Å². The Labute approximate surface area is 197 Å². The third-order valence-corrected chi connectivity index (χ3v) is 6.17. The quantitative estimate of drug-likeness (QED) is 0.237. The molecule has 2 aromatic carbocycles. The van der Waals surface area contributed by atoms with E-state index in [9.17, 15) is 14.7 Å². The molecule has 0 saturated carbocycles. The molecule has 1 atom stereocenters. The Balaban J connectivity index is 1.94. The summed E-state index contributed by atoms with van der Waals surface area (Å²) in [7, 11) is 6.50. The zero-order valence-electron chi connectivity index (χ0n) is 19.7. The summed E-state index contributed by atoms with van der Waals surface area (Å²) in [5.41, 5.74) is 2.07. The molecule has 1 aliphatic rings. The molecule has 0 aliphatic carbocycles. The molecule has 8 nitrogen and oxygen atoms in total. The van der Waals surface area contributed by atoms with Crippen molar-refractivity contribution in [2.75, 3.05) is 34.5 Å². The van der Waals surface area contributed by atoms with Crippen LogP contribution in [0.5, 0.6) is 11.5 Å². The summed E-state index contributed by atoms with van der Waals surface area (Å²) in [5, 5.41) is 12.3. The number of hydrogen-bond acceptors (Lipinski definition) is 6. The van der Waals surface area contributed by atoms with Crippen LogP contribution in [-0.2, 0) is 21.4 Å². The van der Waals surface area contributed by atoms with Crippen LogP contribution in [0.2, 0.25) is 0 Å². The maximum Gasteiger partial charge on any atom is 0.295 e. The molecule has 4 rings (SSSR count). The van der Waals surface area contributed by atoms with Gasteiger partial charge < -0.3 is 28.8 Å². The highest BCUT2D eigenvalue weighted by Gasteiger charge is 2.47. The van der Waals surface area contributed by atoms with Crippen LogP contribution in [0.4, 0.5) is 0 Å². The summed E-state index contributed by atoms with van der Waals surface area (Å²) >= 11 is 0. The van der Waals surface area contributed by atoms with Crippen molar-refractivity contribution >= 4 is 28.4 Å². The number of fused-ring (bicyclic) bond motifs is 1. The van der Waals surface area contributed by atoms with E-state index in [4.69, 9.17) is 14.2 Å². The van der Waals surface area contributed by atoms with Crippen LogP contribution in [-0.4, -0.2) is 60.7 Å². The van der Waals surface area contributed by atoms with E-state index in [1.54, 1.807) is 25.3 Å². The molecule has 8 heteroatoms. The number of likely N-dealkylation sites (tertiary alicyclic amines) is 1. The highest BCUT2D eigenvalue weighted by Crippen LogP contribution is 2.43. The summed E-state index contributed by atoms with van der Waals surface area (Å²) < 4.78 is 17.8. The van der Waals surface area contributed by atoms with E-state index in [1.807, 2.05) is 42.1 Å². The SMILES string of the molecule is COCCCN1C(=O)C(=O)/C(=C(/O)c2ccc(OC)cc2OC)C1c1cn(C)c2ccccc12. The first kappa shape index (κ1) is 23.4. The van der Waals surface area contributed by atoms with Crippen molar-refractivity contribution in [2.24, 2.45) is 7.05 Å². The first-order valence-electron chi connectivity index (χ1n) is 11.0. The monoisotopic (exact) mass is 464 g/mol. The average Bonchev–Trinajstić information content (AvgIpc) is 3.32. The topological polar surface area (TPSA) is 90.2 Å². The highest BCUT2D eigenvalue weighted by atomic mass is 16.5. The molecule has 34 heavy (non-hydrogen) atoms. The molecule has 2 heterocycles. The Morgan fingerprint density at radius 2 is 1.82 bits per heavy atom. The van der Waals surface area contributed by atoms with Gasteiger partial charge in [0.15, 0.2) is 0 Å². The molecule has 1 fully saturated rings. The number of para-hydroxylation sites is 1. The number of carbonyl (C=O) groups excluding carboxylic acids is 2. The second-order valence-corrected chi connectivity index (χ2v) is 8.12. The molecule has 0 bridgehead atoms. The van der Waals surface area contributed by atoms with Crippen LogP contribution in [0.3, 0.4) is 0 Å². The van der Waals surface area contributed by atoms with Crippen LogP contribution < -0.4 is 9.47 Å². The predicted octanol–water partition coefficient (Wildman–Crippen LogP) is 3.65. The summed E-state index contributed by atoms with van der Waals surface area (Å²) in [6.07, 6.45) is 2.46. The minimum absolute atomic E-state index is 0.0298.